The Hall–Kier alpha value is -0.900. The predicted octanol–water partition coefficient (Wildman–Crippen LogP) is 0.526. The van der Waals surface area contributed by atoms with Crippen molar-refractivity contribution in [3.05, 3.63) is 0 Å². The number of ether oxygens (including phenoxy) is 1. The summed E-state index contributed by atoms with van der Waals surface area (Å²) < 4.78 is 4.44. The molecule has 0 aromatic carbocycles. The monoisotopic (exact) mass is 188 g/mol. The third kappa shape index (κ3) is 2.52. The zero-order valence-corrected chi connectivity index (χ0v) is 8.46. The molecule has 0 aliphatic carbocycles. The van der Waals surface area contributed by atoms with Crippen LogP contribution in [0.4, 0.5) is 0 Å². The molecule has 0 saturated heterocycles. The first-order valence-electron chi connectivity index (χ1n) is 4.21. The van der Waals surface area contributed by atoms with Gasteiger partial charge in [0.25, 0.3) is 0 Å². The van der Waals surface area contributed by atoms with Gasteiger partial charge in [0.2, 0.25) is 0 Å². The first kappa shape index (κ1) is 12.1. The van der Waals surface area contributed by atoms with Crippen LogP contribution in [-0.2, 0) is 14.3 Å². The van der Waals surface area contributed by atoms with Crippen molar-refractivity contribution in [3.8, 4) is 0 Å². The lowest BCUT2D eigenvalue weighted by atomic mass is 9.86. The maximum atomic E-state index is 11.2. The highest BCUT2D eigenvalue weighted by Gasteiger charge is 2.39. The van der Waals surface area contributed by atoms with Crippen molar-refractivity contribution in [1.29, 1.82) is 0 Å². The van der Waals surface area contributed by atoms with Gasteiger partial charge >= 0.3 is 5.97 Å². The van der Waals surface area contributed by atoms with Crippen molar-refractivity contribution in [2.45, 2.75) is 32.8 Å². The minimum absolute atomic E-state index is 0.203. The summed E-state index contributed by atoms with van der Waals surface area (Å²) in [6, 6.07) is 0. The minimum Gasteiger partial charge on any atom is -0.469 e. The molecule has 0 fully saturated rings. The summed E-state index contributed by atoms with van der Waals surface area (Å²) in [5.41, 5.74) is -1.62. The third-order valence-electron chi connectivity index (χ3n) is 2.28. The Labute approximate surface area is 77.9 Å². The molecule has 4 heteroatoms. The number of hydrogen-bond acceptors (Lipinski definition) is 4. The quantitative estimate of drug-likeness (QED) is 0.653. The first-order chi connectivity index (χ1) is 5.87. The van der Waals surface area contributed by atoms with Crippen LogP contribution in [0.15, 0.2) is 0 Å². The van der Waals surface area contributed by atoms with Gasteiger partial charge in [-0.25, -0.2) is 0 Å². The number of carbonyl (C=O) groups is 2. The van der Waals surface area contributed by atoms with E-state index < -0.39 is 17.5 Å². The number of ketones is 1. The number of Topliss-reactive ketones (excluding diaryl/α,β-unsaturated/α-hetero) is 1. The Morgan fingerprint density at radius 2 is 2.00 bits per heavy atom. The van der Waals surface area contributed by atoms with Gasteiger partial charge in [-0.1, -0.05) is 6.92 Å². The Bertz CT molecular complexity index is 208. The van der Waals surface area contributed by atoms with E-state index in [-0.39, 0.29) is 12.2 Å². The van der Waals surface area contributed by atoms with E-state index in [1.807, 2.05) is 0 Å². The second-order valence-electron chi connectivity index (χ2n) is 3.17. The highest BCUT2D eigenvalue weighted by Crippen LogP contribution is 2.20. The summed E-state index contributed by atoms with van der Waals surface area (Å²) in [6.07, 6.45) is 0.203. The smallest absolute Gasteiger partial charge is 0.311 e. The predicted molar refractivity (Wildman–Crippen MR) is 47.1 cm³/mol. The lowest BCUT2D eigenvalue weighted by molar-refractivity contribution is -0.160. The van der Waals surface area contributed by atoms with Gasteiger partial charge in [-0.05, 0) is 13.8 Å². The summed E-state index contributed by atoms with van der Waals surface area (Å²) in [4.78, 5) is 22.3. The summed E-state index contributed by atoms with van der Waals surface area (Å²) in [5, 5.41) is 9.70. The third-order valence-corrected chi connectivity index (χ3v) is 2.28. The molecule has 0 radical (unpaired) electrons. The van der Waals surface area contributed by atoms with Crippen LogP contribution in [0, 0.1) is 5.92 Å². The molecule has 0 amide bonds. The largest absolute Gasteiger partial charge is 0.469 e. The minimum atomic E-state index is -1.62. The summed E-state index contributed by atoms with van der Waals surface area (Å²) in [7, 11) is 1.23. The number of hydrogen-bond donors (Lipinski definition) is 1. The molecule has 0 aliphatic heterocycles. The van der Waals surface area contributed by atoms with Crippen molar-refractivity contribution < 1.29 is 19.4 Å². The van der Waals surface area contributed by atoms with Gasteiger partial charge in [-0.2, -0.15) is 0 Å². The zero-order chi connectivity index (χ0) is 10.6. The maximum absolute atomic E-state index is 11.2. The van der Waals surface area contributed by atoms with Crippen molar-refractivity contribution in [3.63, 3.8) is 0 Å². The molecule has 0 unspecified atom stereocenters. The molecule has 0 aliphatic rings. The Morgan fingerprint density at radius 1 is 1.54 bits per heavy atom. The van der Waals surface area contributed by atoms with Crippen LogP contribution in [0.3, 0.4) is 0 Å². The van der Waals surface area contributed by atoms with E-state index in [0.717, 1.165) is 0 Å². The second kappa shape index (κ2) is 4.37. The van der Waals surface area contributed by atoms with E-state index in [1.165, 1.54) is 21.0 Å². The van der Waals surface area contributed by atoms with Gasteiger partial charge in [-0.3, -0.25) is 9.59 Å². The molecule has 1 N–H and O–H groups in total. The summed E-state index contributed by atoms with van der Waals surface area (Å²) in [5.74, 6) is -1.76. The molecule has 0 saturated carbocycles. The molecule has 13 heavy (non-hydrogen) atoms. The van der Waals surface area contributed by atoms with Gasteiger partial charge in [0.15, 0.2) is 5.78 Å². The van der Waals surface area contributed by atoms with Gasteiger partial charge in [0.1, 0.15) is 5.60 Å². The lowest BCUT2D eigenvalue weighted by Gasteiger charge is -2.26. The maximum Gasteiger partial charge on any atom is 0.311 e. The van der Waals surface area contributed by atoms with E-state index in [1.54, 1.807) is 6.92 Å². The van der Waals surface area contributed by atoms with Gasteiger partial charge in [0.05, 0.1) is 13.0 Å². The molecular weight excluding hydrogens is 172 g/mol. The lowest BCUT2D eigenvalue weighted by Crippen LogP contribution is -2.45. The SMILES string of the molecule is CCC(=O)[C@@](C)(O)[C@H](C)C(=O)OC. The van der Waals surface area contributed by atoms with Crippen LogP contribution in [0.25, 0.3) is 0 Å². The standard InChI is InChI=1S/C9H16O4/c1-5-7(10)9(3,12)6(2)8(11)13-4/h6,12H,5H2,1-4H3/t6-,9+/m1/s1. The van der Waals surface area contributed by atoms with E-state index in [2.05, 4.69) is 4.74 Å². The number of aliphatic hydroxyl groups is 1. The molecule has 0 aromatic heterocycles. The Balaban J connectivity index is 4.62. The zero-order valence-electron chi connectivity index (χ0n) is 8.46. The molecule has 4 nitrogen and oxygen atoms in total. The highest BCUT2D eigenvalue weighted by atomic mass is 16.5. The second-order valence-corrected chi connectivity index (χ2v) is 3.17. The molecule has 2 atom stereocenters. The van der Waals surface area contributed by atoms with E-state index >= 15 is 0 Å². The molecule has 0 aromatic rings. The fraction of sp³-hybridized carbons (Fsp3) is 0.778. The molecule has 0 rings (SSSR count). The molecule has 76 valence electrons. The van der Waals surface area contributed by atoms with E-state index in [9.17, 15) is 14.7 Å². The van der Waals surface area contributed by atoms with Crippen molar-refractivity contribution in [1.82, 2.24) is 0 Å². The van der Waals surface area contributed by atoms with Crippen molar-refractivity contribution in [2.75, 3.05) is 7.11 Å². The van der Waals surface area contributed by atoms with E-state index in [4.69, 9.17) is 0 Å². The number of methoxy groups -OCH3 is 1. The normalized spacial score (nSPS) is 17.3. The van der Waals surface area contributed by atoms with Crippen molar-refractivity contribution >= 4 is 11.8 Å². The number of carbonyl (C=O) groups excluding carboxylic acids is 2. The fourth-order valence-corrected chi connectivity index (χ4v) is 1.01. The van der Waals surface area contributed by atoms with Crippen LogP contribution in [0.2, 0.25) is 0 Å². The molecular formula is C9H16O4. The van der Waals surface area contributed by atoms with Crippen LogP contribution >= 0.6 is 0 Å². The number of esters is 1. The van der Waals surface area contributed by atoms with Crippen LogP contribution in [0.5, 0.6) is 0 Å². The van der Waals surface area contributed by atoms with Crippen LogP contribution in [0.1, 0.15) is 27.2 Å². The molecule has 0 bridgehead atoms. The Morgan fingerprint density at radius 3 is 2.31 bits per heavy atom. The van der Waals surface area contributed by atoms with Crippen LogP contribution < -0.4 is 0 Å². The Kier molecular flexibility index (Phi) is 4.07. The average Bonchev–Trinajstić information content (AvgIpc) is 2.13. The first-order valence-corrected chi connectivity index (χ1v) is 4.21. The van der Waals surface area contributed by atoms with E-state index in [0.29, 0.717) is 0 Å². The molecule has 0 spiro atoms. The van der Waals surface area contributed by atoms with Gasteiger partial charge < -0.3 is 9.84 Å². The highest BCUT2D eigenvalue weighted by molar-refractivity contribution is 5.91. The average molecular weight is 188 g/mol. The van der Waals surface area contributed by atoms with Gasteiger partial charge in [-0.15, -0.1) is 0 Å². The topological polar surface area (TPSA) is 63.6 Å². The van der Waals surface area contributed by atoms with Crippen LogP contribution in [-0.4, -0.2) is 29.6 Å². The summed E-state index contributed by atoms with van der Waals surface area (Å²) in [6.45, 7) is 4.45. The van der Waals surface area contributed by atoms with Crippen molar-refractivity contribution in [2.24, 2.45) is 5.92 Å². The van der Waals surface area contributed by atoms with Gasteiger partial charge in [0, 0.05) is 6.42 Å². The summed E-state index contributed by atoms with van der Waals surface area (Å²) >= 11 is 0. The fourth-order valence-electron chi connectivity index (χ4n) is 1.01. The molecule has 0 heterocycles. The number of rotatable bonds is 4.